The zero-order valence-electron chi connectivity index (χ0n) is 51.7. The lowest BCUT2D eigenvalue weighted by Gasteiger charge is -2.38. The Bertz CT molecular complexity index is 2710. The number of rotatable bonds is 27. The second-order valence-electron chi connectivity index (χ2n) is 24.1. The zero-order valence-corrected chi connectivity index (χ0v) is 51.7. The molecule has 27 nitrogen and oxygen atoms in total. The number of carbonyl (C=O) groups excluding carboxylic acids is 6. The van der Waals surface area contributed by atoms with Crippen molar-refractivity contribution >= 4 is 47.4 Å². The topological polar surface area (TPSA) is 383 Å². The molecule has 5 aliphatic heterocycles. The summed E-state index contributed by atoms with van der Waals surface area (Å²) in [4.78, 5) is 94.2. The number of aliphatic hydroxyl groups excluding tert-OH is 6. The van der Waals surface area contributed by atoms with Gasteiger partial charge < -0.3 is 94.4 Å². The number of ether oxygens (including phenoxy) is 7. The van der Waals surface area contributed by atoms with E-state index in [0.29, 0.717) is 62.9 Å². The Balaban J connectivity index is 1.05. The highest BCUT2D eigenvalue weighted by atomic mass is 16.7. The molecule has 5 aliphatic rings. The maximum atomic E-state index is 14.1. The van der Waals surface area contributed by atoms with Crippen LogP contribution in [0, 0.1) is 11.8 Å². The first kappa shape index (κ1) is 71.7. The van der Waals surface area contributed by atoms with Crippen molar-refractivity contribution in [2.45, 2.75) is 204 Å². The molecule has 16 atom stereocenters. The van der Waals surface area contributed by atoms with Gasteiger partial charge in [-0.2, -0.15) is 0 Å². The number of carboxylic acids is 1. The number of carbonyl (C=O) groups is 7. The van der Waals surface area contributed by atoms with Crippen LogP contribution in [0.5, 0.6) is 5.75 Å². The van der Waals surface area contributed by atoms with Crippen LogP contribution < -0.4 is 15.4 Å². The third-order valence-electron chi connectivity index (χ3n) is 16.5. The first-order chi connectivity index (χ1) is 42.1. The second-order valence-corrected chi connectivity index (χ2v) is 24.1. The summed E-state index contributed by atoms with van der Waals surface area (Å²) in [5.74, 6) is -4.85. The summed E-state index contributed by atoms with van der Waals surface area (Å²) in [6, 6.07) is 4.47. The first-order valence-corrected chi connectivity index (χ1v) is 30.5. The Morgan fingerprint density at radius 1 is 0.921 bits per heavy atom. The molecule has 0 spiro atoms. The fraction of sp³-hybridized carbons (Fsp3) is 0.661. The number of aliphatic hydroxyl groups is 7. The van der Waals surface area contributed by atoms with Gasteiger partial charge in [0.05, 0.1) is 55.5 Å². The Labute approximate surface area is 518 Å². The zero-order chi connectivity index (χ0) is 65.3. The molecule has 0 radical (unpaired) electrons. The Morgan fingerprint density at radius 3 is 2.33 bits per heavy atom. The summed E-state index contributed by atoms with van der Waals surface area (Å²) in [6.45, 7) is 13.3. The molecule has 0 saturated carbocycles. The summed E-state index contributed by atoms with van der Waals surface area (Å²) in [5.41, 5.74) is -1.60. The standard InChI is InChI=1S/C62H91N5O22/c1-8-43(70)38(4)56-45(84-56)33-61(6,82)23-12-13-36(2)55-37(3)15-18-46(62(7,89-39(5)68)24-21-41(69)32-51(75)87-55)86-60(81)66-29-27-65(28-30-66)35-83-34-40-16-17-44(85-59-54(78)52(76)53(77)57(88-59)58(79)80)42(31-40)64-48(72)22-25-63-47(71)14-10-9-11-26-67-49(73)19-20-50(67)74/h12-13,15-20,23,31,37-38,41,43,45-46,49,52-57,59,69-70,73,76-78,82H,8-11,14,21-22,24-30,32-35H2,1-7H3,(H,63,71)(H,64,72)(H,79,80)/b18-15+,23-12+,36-13+/t37-,38+,41+,43-,45+,46-,49?,52-,53-,54+,55+,56+,57-,59+,61?,62+/m0/s1. The van der Waals surface area contributed by atoms with Crippen LogP contribution in [0.1, 0.15) is 118 Å². The molecule has 1 aromatic rings. The molecule has 27 heteroatoms. The number of cyclic esters (lactones) is 1. The Morgan fingerprint density at radius 2 is 1.65 bits per heavy atom. The van der Waals surface area contributed by atoms with Gasteiger partial charge in [0.25, 0.3) is 0 Å². The Hall–Kier alpha value is -6.37. The number of esters is 2. The monoisotopic (exact) mass is 1260 g/mol. The number of hydrogen-bond donors (Lipinski definition) is 10. The van der Waals surface area contributed by atoms with Gasteiger partial charge in [-0.25, -0.2) is 9.59 Å². The van der Waals surface area contributed by atoms with Crippen molar-refractivity contribution in [3.05, 3.63) is 71.9 Å². The van der Waals surface area contributed by atoms with E-state index in [2.05, 4.69) is 10.6 Å². The number of unbranched alkanes of at least 4 members (excludes halogenated alkanes) is 2. The molecule has 89 heavy (non-hydrogen) atoms. The summed E-state index contributed by atoms with van der Waals surface area (Å²) >= 11 is 0. The fourth-order valence-electron chi connectivity index (χ4n) is 11.0. The molecule has 6 rings (SSSR count). The van der Waals surface area contributed by atoms with E-state index in [1.165, 1.54) is 41.0 Å². The fourth-order valence-corrected chi connectivity index (χ4v) is 11.0. The average Bonchev–Trinajstić information content (AvgIpc) is 2.16. The van der Waals surface area contributed by atoms with Gasteiger partial charge in [-0.3, -0.25) is 28.9 Å². The van der Waals surface area contributed by atoms with E-state index in [9.17, 15) is 74.4 Å². The number of amides is 4. The van der Waals surface area contributed by atoms with Gasteiger partial charge in [0.2, 0.25) is 24.0 Å². The van der Waals surface area contributed by atoms with Crippen LogP contribution in [0.15, 0.2) is 66.3 Å². The highest BCUT2D eigenvalue weighted by molar-refractivity contribution is 5.93. The number of hydrogen-bond acceptors (Lipinski definition) is 22. The lowest BCUT2D eigenvalue weighted by atomic mass is 9.88. The molecular formula is C62H91N5O22. The van der Waals surface area contributed by atoms with Gasteiger partial charge in [0.1, 0.15) is 42.0 Å². The van der Waals surface area contributed by atoms with E-state index in [0.717, 1.165) is 0 Å². The molecule has 496 valence electrons. The minimum atomic E-state index is -1.98. The third-order valence-corrected chi connectivity index (χ3v) is 16.5. The molecule has 0 aliphatic carbocycles. The molecular weight excluding hydrogens is 1170 g/mol. The average molecular weight is 1260 g/mol. The predicted molar refractivity (Wildman–Crippen MR) is 317 cm³/mol. The number of anilines is 1. The number of carboxylic acid groups (broad SMARTS) is 1. The van der Waals surface area contributed by atoms with E-state index in [1.54, 1.807) is 64.1 Å². The van der Waals surface area contributed by atoms with Crippen molar-refractivity contribution < 1.29 is 108 Å². The van der Waals surface area contributed by atoms with Crippen LogP contribution >= 0.6 is 0 Å². The largest absolute Gasteiger partial charge is 0.479 e. The van der Waals surface area contributed by atoms with E-state index in [4.69, 9.17) is 33.2 Å². The normalized spacial score (nSPS) is 30.5. The maximum Gasteiger partial charge on any atom is 0.410 e. The lowest BCUT2D eigenvalue weighted by Crippen LogP contribution is -2.61. The van der Waals surface area contributed by atoms with E-state index in [1.807, 2.05) is 18.7 Å². The molecule has 5 heterocycles. The quantitative estimate of drug-likeness (QED) is 0.0150. The first-order valence-electron chi connectivity index (χ1n) is 30.5. The number of epoxide rings is 1. The lowest BCUT2D eigenvalue weighted by molar-refractivity contribution is -0.271. The molecule has 0 aromatic heterocycles. The number of allylic oxidation sites excluding steroid dienone is 2. The Kier molecular flexibility index (Phi) is 26.7. The predicted octanol–water partition coefficient (Wildman–Crippen LogP) is 2.07. The number of nitrogens with one attached hydrogen (secondary N) is 2. The van der Waals surface area contributed by atoms with E-state index in [-0.39, 0.29) is 106 Å². The number of piperazine rings is 1. The minimum absolute atomic E-state index is 0.00440. The molecule has 3 saturated heterocycles. The van der Waals surface area contributed by atoms with Gasteiger partial charge in [0.15, 0.2) is 12.2 Å². The van der Waals surface area contributed by atoms with Crippen LogP contribution in [0.4, 0.5) is 10.5 Å². The van der Waals surface area contributed by atoms with Crippen LogP contribution in [0.25, 0.3) is 0 Å². The summed E-state index contributed by atoms with van der Waals surface area (Å²) in [7, 11) is 0. The van der Waals surface area contributed by atoms with Crippen LogP contribution in [0.3, 0.4) is 0 Å². The maximum absolute atomic E-state index is 14.1. The van der Waals surface area contributed by atoms with Gasteiger partial charge in [-0.15, -0.1) is 0 Å². The third kappa shape index (κ3) is 21.4. The number of benzene rings is 1. The minimum Gasteiger partial charge on any atom is -0.479 e. The molecule has 4 amide bonds. The van der Waals surface area contributed by atoms with Gasteiger partial charge in [0, 0.05) is 83.4 Å². The van der Waals surface area contributed by atoms with Crippen LogP contribution in [0.2, 0.25) is 0 Å². The van der Waals surface area contributed by atoms with Crippen molar-refractivity contribution in [3.8, 4) is 5.75 Å². The molecule has 1 aromatic carbocycles. The smallest absolute Gasteiger partial charge is 0.410 e. The SMILES string of the molecule is CC[C@H](O)[C@@H](C)[C@H]1O[C@@H]1CC(C)(O)/C=C/C=C(\C)[C@H]1OC(=O)C[C@H](O)CC[C@@](C)(OC(C)=O)[C@@H](OC(=O)N2CCN(COCc3ccc(O[C@@H]4O[C@H](C(=O)O)[C@@H](O)[C@H](O)[C@H]4O)c(NC(=O)CCNC(=O)CCCCCN4C(=O)C=CC4O)c3)CC2)/C=C/[C@@H]1C. The van der Waals surface area contributed by atoms with Gasteiger partial charge >= 0.3 is 24.0 Å². The summed E-state index contributed by atoms with van der Waals surface area (Å²) in [5, 5.41) is 88.7. The summed E-state index contributed by atoms with van der Waals surface area (Å²) < 4.78 is 41.0. The van der Waals surface area contributed by atoms with Gasteiger partial charge in [-0.1, -0.05) is 57.6 Å². The van der Waals surface area contributed by atoms with Crippen LogP contribution in [-0.4, -0.2) is 228 Å². The second kappa shape index (κ2) is 33.1. The molecule has 0 bridgehead atoms. The van der Waals surface area contributed by atoms with Crippen molar-refractivity contribution in [1.82, 2.24) is 20.0 Å². The van der Waals surface area contributed by atoms with E-state index >= 15 is 0 Å². The highest BCUT2D eigenvalue weighted by Gasteiger charge is 2.49. The highest BCUT2D eigenvalue weighted by Crippen LogP contribution is 2.38. The number of aliphatic carboxylic acids is 1. The van der Waals surface area contributed by atoms with E-state index < -0.39 is 108 Å². The van der Waals surface area contributed by atoms with Gasteiger partial charge in [-0.05, 0) is 88.3 Å². The molecule has 3 fully saturated rings. The van der Waals surface area contributed by atoms with Crippen molar-refractivity contribution in [1.29, 1.82) is 0 Å². The van der Waals surface area contributed by atoms with Crippen molar-refractivity contribution in [3.63, 3.8) is 0 Å². The molecule has 2 unspecified atom stereocenters. The van der Waals surface area contributed by atoms with Crippen molar-refractivity contribution in [2.75, 3.05) is 51.3 Å². The molecule has 10 N–H and O–H groups in total. The van der Waals surface area contributed by atoms with Crippen LogP contribution in [-0.2, 0) is 63.8 Å². The summed E-state index contributed by atoms with van der Waals surface area (Å²) in [6.07, 6.45) is -2.24. The number of nitrogens with zero attached hydrogens (tertiary/aromatic N) is 3. The van der Waals surface area contributed by atoms with Crippen molar-refractivity contribution in [2.24, 2.45) is 11.8 Å².